The van der Waals surface area contributed by atoms with Crippen LogP contribution in [0.2, 0.25) is 0 Å². The van der Waals surface area contributed by atoms with Crippen LogP contribution in [-0.4, -0.2) is 24.0 Å². The van der Waals surface area contributed by atoms with Gasteiger partial charge in [0.25, 0.3) is 0 Å². The van der Waals surface area contributed by atoms with Crippen molar-refractivity contribution in [1.29, 1.82) is 5.41 Å². The largest absolute Gasteiger partial charge is 0.493 e. The van der Waals surface area contributed by atoms with Gasteiger partial charge in [-0.25, -0.2) is 4.98 Å². The number of ether oxygens (including phenoxy) is 1. The van der Waals surface area contributed by atoms with E-state index in [2.05, 4.69) is 24.5 Å². The summed E-state index contributed by atoms with van der Waals surface area (Å²) >= 11 is 0. The highest BCUT2D eigenvalue weighted by atomic mass is 16.5. The fourth-order valence-electron chi connectivity index (χ4n) is 2.99. The molecule has 2 aromatic carbocycles. The van der Waals surface area contributed by atoms with Crippen LogP contribution in [-0.2, 0) is 4.79 Å². The molecule has 29 heavy (non-hydrogen) atoms. The van der Waals surface area contributed by atoms with E-state index in [4.69, 9.17) is 15.1 Å². The van der Waals surface area contributed by atoms with Crippen LogP contribution in [0, 0.1) is 18.3 Å². The highest BCUT2D eigenvalue weighted by Crippen LogP contribution is 2.32. The minimum Gasteiger partial charge on any atom is -0.493 e. The number of aryl methyl sites for hydroxylation is 1. The summed E-state index contributed by atoms with van der Waals surface area (Å²) in [5, 5.41) is 14.0. The summed E-state index contributed by atoms with van der Waals surface area (Å²) < 4.78 is 5.93. The topological polar surface area (TPSA) is 87.1 Å². The number of hydrogen-bond acceptors (Lipinski definition) is 4. The molecule has 0 spiro atoms. The Bertz CT molecular complexity index is 1030. The zero-order chi connectivity index (χ0) is 20.8. The summed E-state index contributed by atoms with van der Waals surface area (Å²) in [5.41, 5.74) is 4.36. The first-order chi connectivity index (χ1) is 14.0. The standard InChI is InChI=1S/C23H26N4O2/c1-4-15(2)13-29-17-9-10-19-20(11-17)26-21(18-8-6-5-7-16(18)3)12-22(19)27-23(24)25-14-28/h5-12,14-15H,4,13H2,1-3H3,(H3,24,25,26,27,28). The number of aromatic nitrogens is 1. The lowest BCUT2D eigenvalue weighted by atomic mass is 10.0. The van der Waals surface area contributed by atoms with Gasteiger partial charge in [0.1, 0.15) is 5.75 Å². The molecule has 1 unspecified atom stereocenters. The predicted octanol–water partition coefficient (Wildman–Crippen LogP) is 4.73. The Morgan fingerprint density at radius 3 is 2.76 bits per heavy atom. The van der Waals surface area contributed by atoms with Crippen LogP contribution in [0.4, 0.5) is 5.69 Å². The van der Waals surface area contributed by atoms with Gasteiger partial charge in [-0.3, -0.25) is 15.5 Å². The zero-order valence-corrected chi connectivity index (χ0v) is 17.0. The number of carbonyl (C=O) groups is 1. The van der Waals surface area contributed by atoms with Crippen molar-refractivity contribution >= 4 is 29.0 Å². The molecule has 3 aromatic rings. The van der Waals surface area contributed by atoms with Gasteiger partial charge in [0.05, 0.1) is 23.5 Å². The Kier molecular flexibility index (Phi) is 6.44. The molecule has 6 heteroatoms. The van der Waals surface area contributed by atoms with Crippen LogP contribution in [0.3, 0.4) is 0 Å². The molecular weight excluding hydrogens is 364 g/mol. The van der Waals surface area contributed by atoms with E-state index in [1.165, 1.54) is 0 Å². The van der Waals surface area contributed by atoms with Gasteiger partial charge >= 0.3 is 0 Å². The minimum atomic E-state index is -0.0969. The van der Waals surface area contributed by atoms with Crippen molar-refractivity contribution in [2.75, 3.05) is 11.9 Å². The Labute approximate surface area is 170 Å². The second kappa shape index (κ2) is 9.19. The summed E-state index contributed by atoms with van der Waals surface area (Å²) in [6.07, 6.45) is 1.53. The van der Waals surface area contributed by atoms with Crippen molar-refractivity contribution < 1.29 is 9.53 Å². The number of carbonyl (C=O) groups excluding carboxylic acids is 1. The molecule has 0 radical (unpaired) electrons. The lowest BCUT2D eigenvalue weighted by molar-refractivity contribution is -0.108. The summed E-state index contributed by atoms with van der Waals surface area (Å²) in [5.74, 6) is 1.14. The van der Waals surface area contributed by atoms with Crippen LogP contribution >= 0.6 is 0 Å². The van der Waals surface area contributed by atoms with Crippen LogP contribution in [0.1, 0.15) is 25.8 Å². The number of amides is 1. The van der Waals surface area contributed by atoms with Gasteiger partial charge in [0.2, 0.25) is 6.41 Å². The summed E-state index contributed by atoms with van der Waals surface area (Å²) in [4.78, 5) is 15.5. The number of fused-ring (bicyclic) bond motifs is 1. The fraction of sp³-hybridized carbons (Fsp3) is 0.261. The van der Waals surface area contributed by atoms with E-state index in [1.54, 1.807) is 0 Å². The Balaban J connectivity index is 2.07. The molecule has 150 valence electrons. The van der Waals surface area contributed by atoms with Gasteiger partial charge in [-0.2, -0.15) is 0 Å². The summed E-state index contributed by atoms with van der Waals surface area (Å²) in [7, 11) is 0. The van der Waals surface area contributed by atoms with Crippen molar-refractivity contribution in [3.8, 4) is 17.0 Å². The van der Waals surface area contributed by atoms with Gasteiger partial charge in [0, 0.05) is 17.0 Å². The van der Waals surface area contributed by atoms with Gasteiger partial charge < -0.3 is 10.1 Å². The number of hydrogen-bond donors (Lipinski definition) is 3. The average Bonchev–Trinajstić information content (AvgIpc) is 2.72. The normalized spacial score (nSPS) is 11.7. The number of pyridine rings is 1. The monoisotopic (exact) mass is 390 g/mol. The molecule has 0 aliphatic carbocycles. The Morgan fingerprint density at radius 2 is 2.03 bits per heavy atom. The number of guanidine groups is 1. The third-order valence-electron chi connectivity index (χ3n) is 4.90. The molecule has 0 saturated heterocycles. The minimum absolute atomic E-state index is 0.0969. The lowest BCUT2D eigenvalue weighted by Crippen LogP contribution is -2.28. The predicted molar refractivity (Wildman–Crippen MR) is 117 cm³/mol. The number of anilines is 1. The highest BCUT2D eigenvalue weighted by molar-refractivity contribution is 6.05. The number of nitrogens with zero attached hydrogens (tertiary/aromatic N) is 1. The first-order valence-electron chi connectivity index (χ1n) is 9.71. The van der Waals surface area contributed by atoms with Crippen molar-refractivity contribution in [1.82, 2.24) is 10.3 Å². The summed E-state index contributed by atoms with van der Waals surface area (Å²) in [6, 6.07) is 15.7. The third kappa shape index (κ3) is 4.90. The molecule has 0 aliphatic rings. The maximum atomic E-state index is 10.7. The Morgan fingerprint density at radius 1 is 1.24 bits per heavy atom. The molecule has 0 fully saturated rings. The fourth-order valence-corrected chi connectivity index (χ4v) is 2.99. The molecule has 1 amide bonds. The first-order valence-corrected chi connectivity index (χ1v) is 9.71. The van der Waals surface area contributed by atoms with Crippen molar-refractivity contribution in [2.45, 2.75) is 27.2 Å². The van der Waals surface area contributed by atoms with Gasteiger partial charge in [-0.15, -0.1) is 0 Å². The van der Waals surface area contributed by atoms with Crippen molar-refractivity contribution in [2.24, 2.45) is 5.92 Å². The maximum Gasteiger partial charge on any atom is 0.213 e. The molecule has 1 heterocycles. The van der Waals surface area contributed by atoms with Crippen LogP contribution in [0.5, 0.6) is 5.75 Å². The van der Waals surface area contributed by atoms with Crippen LogP contribution < -0.4 is 15.4 Å². The third-order valence-corrected chi connectivity index (χ3v) is 4.90. The van der Waals surface area contributed by atoms with Gasteiger partial charge in [0.15, 0.2) is 5.96 Å². The van der Waals surface area contributed by atoms with Crippen molar-refractivity contribution in [3.63, 3.8) is 0 Å². The molecule has 6 nitrogen and oxygen atoms in total. The smallest absolute Gasteiger partial charge is 0.213 e. The zero-order valence-electron chi connectivity index (χ0n) is 17.0. The van der Waals surface area contributed by atoms with E-state index >= 15 is 0 Å². The van der Waals surface area contributed by atoms with E-state index in [1.807, 2.05) is 55.5 Å². The molecule has 3 N–H and O–H groups in total. The molecule has 0 aliphatic heterocycles. The maximum absolute atomic E-state index is 10.7. The second-order valence-corrected chi connectivity index (χ2v) is 7.14. The van der Waals surface area contributed by atoms with E-state index in [0.717, 1.165) is 39.9 Å². The average molecular weight is 390 g/mol. The Hall–Kier alpha value is -3.41. The molecule has 1 aromatic heterocycles. The van der Waals surface area contributed by atoms with Crippen LogP contribution in [0.25, 0.3) is 22.2 Å². The highest BCUT2D eigenvalue weighted by Gasteiger charge is 2.12. The quantitative estimate of drug-likeness (QED) is 0.309. The van der Waals surface area contributed by atoms with Gasteiger partial charge in [-0.05, 0) is 36.6 Å². The molecule has 3 rings (SSSR count). The van der Waals surface area contributed by atoms with Crippen molar-refractivity contribution in [3.05, 3.63) is 54.1 Å². The number of nitrogens with one attached hydrogen (secondary N) is 3. The van der Waals surface area contributed by atoms with Crippen LogP contribution in [0.15, 0.2) is 48.5 Å². The summed E-state index contributed by atoms with van der Waals surface area (Å²) in [6.45, 7) is 6.99. The van der Waals surface area contributed by atoms with E-state index < -0.39 is 0 Å². The first kappa shape index (κ1) is 20.3. The lowest BCUT2D eigenvalue weighted by Gasteiger charge is -2.15. The SMILES string of the molecule is CCC(C)COc1ccc2c(NC(=N)NC=O)cc(-c3ccccc3C)nc2c1. The van der Waals surface area contributed by atoms with Gasteiger partial charge in [-0.1, -0.05) is 44.5 Å². The number of benzene rings is 2. The molecule has 1 atom stereocenters. The molecule has 0 bridgehead atoms. The van der Waals surface area contributed by atoms with E-state index in [0.29, 0.717) is 24.6 Å². The second-order valence-electron chi connectivity index (χ2n) is 7.14. The number of rotatable bonds is 7. The molecule has 0 saturated carbocycles. The van der Waals surface area contributed by atoms with E-state index in [-0.39, 0.29) is 5.96 Å². The molecular formula is C23H26N4O2. The van der Waals surface area contributed by atoms with E-state index in [9.17, 15) is 4.79 Å².